The number of nitrogens with two attached hydrogens (primary N) is 1. The van der Waals surface area contributed by atoms with Gasteiger partial charge in [-0.2, -0.15) is 4.79 Å². The Morgan fingerprint density at radius 1 is 1.31 bits per heavy atom. The SMILES string of the molecule is CN(C)c1ccc(/C=C/C=[NH+]\C(N)=O)cc1. The third-order valence-electron chi connectivity index (χ3n) is 2.02. The number of hydrogen-bond donors (Lipinski definition) is 2. The fraction of sp³-hybridized carbons (Fsp3) is 0.167. The first-order valence-electron chi connectivity index (χ1n) is 4.93. The minimum atomic E-state index is -0.562. The van der Waals surface area contributed by atoms with Crippen molar-refractivity contribution in [3.05, 3.63) is 35.9 Å². The Morgan fingerprint density at radius 3 is 2.44 bits per heavy atom. The average molecular weight is 218 g/mol. The van der Waals surface area contributed by atoms with Gasteiger partial charge in [0.25, 0.3) is 0 Å². The molecular weight excluding hydrogens is 202 g/mol. The number of allylic oxidation sites excluding steroid dienone is 1. The van der Waals surface area contributed by atoms with Crippen molar-refractivity contribution in [2.24, 2.45) is 5.73 Å². The largest absolute Gasteiger partial charge is 0.486 e. The van der Waals surface area contributed by atoms with Crippen LogP contribution in [0.2, 0.25) is 0 Å². The van der Waals surface area contributed by atoms with Crippen LogP contribution in [0, 0.1) is 0 Å². The summed E-state index contributed by atoms with van der Waals surface area (Å²) < 4.78 is 0. The molecule has 0 bridgehead atoms. The maximum Gasteiger partial charge on any atom is 0.486 e. The summed E-state index contributed by atoms with van der Waals surface area (Å²) in [6, 6.07) is 7.50. The van der Waals surface area contributed by atoms with Crippen LogP contribution in [0.3, 0.4) is 0 Å². The molecule has 0 heterocycles. The van der Waals surface area contributed by atoms with Crippen LogP contribution in [0.1, 0.15) is 5.56 Å². The second-order valence-electron chi connectivity index (χ2n) is 3.52. The molecule has 2 amide bonds. The van der Waals surface area contributed by atoms with Gasteiger partial charge in [0.1, 0.15) is 0 Å². The smallest absolute Gasteiger partial charge is 0.378 e. The quantitative estimate of drug-likeness (QED) is 0.701. The number of hydrogen-bond acceptors (Lipinski definition) is 2. The number of nitrogens with one attached hydrogen (secondary N) is 1. The molecule has 0 radical (unpaired) electrons. The van der Waals surface area contributed by atoms with E-state index >= 15 is 0 Å². The maximum absolute atomic E-state index is 10.4. The molecule has 0 aliphatic rings. The predicted molar refractivity (Wildman–Crippen MR) is 66.4 cm³/mol. The summed E-state index contributed by atoms with van der Waals surface area (Å²) in [5, 5.41) is 0. The minimum Gasteiger partial charge on any atom is -0.378 e. The highest BCUT2D eigenvalue weighted by atomic mass is 16.2. The van der Waals surface area contributed by atoms with Crippen molar-refractivity contribution in [3.63, 3.8) is 0 Å². The average Bonchev–Trinajstić information content (AvgIpc) is 2.25. The molecule has 1 rings (SSSR count). The summed E-state index contributed by atoms with van der Waals surface area (Å²) in [5.41, 5.74) is 7.12. The second kappa shape index (κ2) is 5.70. The number of benzene rings is 1. The van der Waals surface area contributed by atoms with E-state index in [4.69, 9.17) is 5.73 Å². The molecule has 0 fully saturated rings. The van der Waals surface area contributed by atoms with Crippen LogP contribution >= 0.6 is 0 Å². The van der Waals surface area contributed by atoms with E-state index in [1.807, 2.05) is 49.3 Å². The number of amides is 2. The number of rotatable bonds is 3. The number of nitrogens with zero attached hydrogens (tertiary/aromatic N) is 1. The molecule has 1 aromatic rings. The monoisotopic (exact) mass is 218 g/mol. The number of primary amides is 1. The Labute approximate surface area is 95.1 Å². The summed E-state index contributed by atoms with van der Waals surface area (Å²) in [6.07, 6.45) is 5.12. The third-order valence-corrected chi connectivity index (χ3v) is 2.02. The zero-order valence-electron chi connectivity index (χ0n) is 9.47. The van der Waals surface area contributed by atoms with E-state index in [9.17, 15) is 4.79 Å². The van der Waals surface area contributed by atoms with E-state index in [0.717, 1.165) is 11.3 Å². The van der Waals surface area contributed by atoms with Crippen LogP contribution in [0.15, 0.2) is 30.3 Å². The summed E-state index contributed by atoms with van der Waals surface area (Å²) in [6.45, 7) is 0. The predicted octanol–water partition coefficient (Wildman–Crippen LogP) is -0.00410. The van der Waals surface area contributed by atoms with Crippen molar-refractivity contribution < 1.29 is 9.79 Å². The van der Waals surface area contributed by atoms with Gasteiger partial charge in [-0.05, 0) is 23.8 Å². The Morgan fingerprint density at radius 2 is 1.94 bits per heavy atom. The normalized spacial score (nSPS) is 11.1. The van der Waals surface area contributed by atoms with Gasteiger partial charge >= 0.3 is 6.03 Å². The maximum atomic E-state index is 10.4. The van der Waals surface area contributed by atoms with Crippen LogP contribution < -0.4 is 15.6 Å². The van der Waals surface area contributed by atoms with Crippen molar-refractivity contribution in [1.82, 2.24) is 0 Å². The summed E-state index contributed by atoms with van der Waals surface area (Å²) in [7, 11) is 3.99. The molecule has 0 spiro atoms. The summed E-state index contributed by atoms with van der Waals surface area (Å²) >= 11 is 0. The molecule has 0 aromatic heterocycles. The molecule has 0 unspecified atom stereocenters. The van der Waals surface area contributed by atoms with Crippen molar-refractivity contribution in [3.8, 4) is 0 Å². The molecule has 0 saturated heterocycles. The molecule has 4 heteroatoms. The van der Waals surface area contributed by atoms with Crippen molar-refractivity contribution in [1.29, 1.82) is 0 Å². The van der Waals surface area contributed by atoms with E-state index in [1.165, 1.54) is 6.21 Å². The number of carbonyl (C=O) groups is 1. The molecule has 0 saturated carbocycles. The summed E-state index contributed by atoms with van der Waals surface area (Å²) in [5.74, 6) is 0. The lowest BCUT2D eigenvalue weighted by Gasteiger charge is -2.11. The van der Waals surface area contributed by atoms with E-state index in [0.29, 0.717) is 0 Å². The van der Waals surface area contributed by atoms with Gasteiger partial charge in [0.05, 0.1) is 6.21 Å². The Bertz CT molecular complexity index is 405. The molecule has 0 aliphatic carbocycles. The van der Waals surface area contributed by atoms with Crippen molar-refractivity contribution in [2.45, 2.75) is 0 Å². The fourth-order valence-electron chi connectivity index (χ4n) is 1.17. The van der Waals surface area contributed by atoms with Gasteiger partial charge in [-0.1, -0.05) is 18.2 Å². The standard InChI is InChI=1S/C12H15N3O/c1-15(2)11-7-5-10(6-8-11)4-3-9-14-12(13)16/h3-9H,1-2H3,(H2,13,16)/p+1/b4-3+,14-9-. The Hall–Kier alpha value is -2.10. The second-order valence-corrected chi connectivity index (χ2v) is 3.52. The zero-order chi connectivity index (χ0) is 12.0. The highest BCUT2D eigenvalue weighted by Crippen LogP contribution is 2.12. The van der Waals surface area contributed by atoms with Crippen LogP contribution in [-0.2, 0) is 0 Å². The third kappa shape index (κ3) is 3.96. The van der Waals surface area contributed by atoms with Crippen molar-refractivity contribution >= 4 is 24.0 Å². The molecule has 4 nitrogen and oxygen atoms in total. The lowest BCUT2D eigenvalue weighted by atomic mass is 10.2. The number of anilines is 1. The molecule has 16 heavy (non-hydrogen) atoms. The number of urea groups is 1. The van der Waals surface area contributed by atoms with Crippen LogP contribution in [-0.4, -0.2) is 26.3 Å². The van der Waals surface area contributed by atoms with Gasteiger partial charge < -0.3 is 4.90 Å². The highest BCUT2D eigenvalue weighted by Gasteiger charge is 1.93. The molecular formula is C12H16N3O+. The summed E-state index contributed by atoms with van der Waals surface area (Å²) in [4.78, 5) is 14.8. The number of carbonyl (C=O) groups excluding carboxylic acids is 1. The first-order valence-corrected chi connectivity index (χ1v) is 4.93. The molecule has 84 valence electrons. The van der Waals surface area contributed by atoms with E-state index in [1.54, 1.807) is 6.08 Å². The van der Waals surface area contributed by atoms with Crippen LogP contribution in [0.4, 0.5) is 10.5 Å². The van der Waals surface area contributed by atoms with Gasteiger partial charge in [0.15, 0.2) is 0 Å². The van der Waals surface area contributed by atoms with Gasteiger partial charge in [0.2, 0.25) is 0 Å². The first kappa shape index (κ1) is 12.0. The van der Waals surface area contributed by atoms with Crippen LogP contribution in [0.25, 0.3) is 6.08 Å². The highest BCUT2D eigenvalue weighted by molar-refractivity contribution is 5.77. The van der Waals surface area contributed by atoms with Crippen molar-refractivity contribution in [2.75, 3.05) is 19.0 Å². The van der Waals surface area contributed by atoms with Gasteiger partial charge in [0, 0.05) is 19.8 Å². The van der Waals surface area contributed by atoms with E-state index < -0.39 is 6.03 Å². The van der Waals surface area contributed by atoms with Gasteiger partial charge in [-0.25, -0.2) is 4.99 Å². The molecule has 0 atom stereocenters. The van der Waals surface area contributed by atoms with Gasteiger partial charge in [-0.3, -0.25) is 5.73 Å². The lowest BCUT2D eigenvalue weighted by Crippen LogP contribution is -2.76. The molecule has 3 N–H and O–H groups in total. The first-order chi connectivity index (χ1) is 7.59. The molecule has 0 aliphatic heterocycles. The van der Waals surface area contributed by atoms with E-state index in [2.05, 4.69) is 4.99 Å². The molecule has 1 aromatic carbocycles. The Kier molecular flexibility index (Phi) is 4.27. The Balaban J connectivity index is 2.65. The van der Waals surface area contributed by atoms with Gasteiger partial charge in [-0.15, -0.1) is 0 Å². The lowest BCUT2D eigenvalue weighted by molar-refractivity contribution is -0.333. The minimum absolute atomic E-state index is 0.562. The fourth-order valence-corrected chi connectivity index (χ4v) is 1.17. The van der Waals surface area contributed by atoms with E-state index in [-0.39, 0.29) is 0 Å². The van der Waals surface area contributed by atoms with Crippen LogP contribution in [0.5, 0.6) is 0 Å². The topological polar surface area (TPSA) is 60.3 Å². The zero-order valence-corrected chi connectivity index (χ0v) is 9.47.